The van der Waals surface area contributed by atoms with Crippen molar-refractivity contribution < 1.29 is 8.42 Å². The largest absolute Gasteiger partial charge is 0.244 e. The Balaban J connectivity index is 2.66. The van der Waals surface area contributed by atoms with Crippen LogP contribution in [0.3, 0.4) is 0 Å². The Kier molecular flexibility index (Phi) is 1.87. The summed E-state index contributed by atoms with van der Waals surface area (Å²) in [7, 11) is -3.07. The molecule has 0 saturated carbocycles. The fourth-order valence-electron chi connectivity index (χ4n) is 1.63. The molecule has 1 aliphatic rings. The molecule has 0 bridgehead atoms. The van der Waals surface area contributed by atoms with E-state index in [4.69, 9.17) is 0 Å². The fourth-order valence-corrected chi connectivity index (χ4v) is 3.12. The molecule has 3 nitrogen and oxygen atoms in total. The van der Waals surface area contributed by atoms with E-state index in [0.29, 0.717) is 5.03 Å². The molecule has 0 aliphatic carbocycles. The summed E-state index contributed by atoms with van der Waals surface area (Å²) >= 11 is 0. The van der Waals surface area contributed by atoms with Gasteiger partial charge in [0.1, 0.15) is 0 Å². The monoisotopic (exact) mass is 197 g/mol. The van der Waals surface area contributed by atoms with Gasteiger partial charge in [0.15, 0.2) is 14.9 Å². The number of rotatable bonds is 0. The van der Waals surface area contributed by atoms with Crippen LogP contribution in [0.4, 0.5) is 0 Å². The highest BCUT2D eigenvalue weighted by Crippen LogP contribution is 2.22. The van der Waals surface area contributed by atoms with Crippen molar-refractivity contribution in [1.82, 2.24) is 4.98 Å². The first-order valence-corrected chi connectivity index (χ1v) is 5.93. The summed E-state index contributed by atoms with van der Waals surface area (Å²) in [5.74, 6) is 0.246. The van der Waals surface area contributed by atoms with E-state index in [0.717, 1.165) is 24.0 Å². The maximum atomic E-state index is 11.5. The average molecular weight is 197 g/mol. The molecule has 0 fully saturated rings. The number of hydrogen-bond acceptors (Lipinski definition) is 3. The molecular weight excluding hydrogens is 186 g/mol. The molecule has 0 radical (unpaired) electrons. The van der Waals surface area contributed by atoms with Crippen LogP contribution >= 0.6 is 0 Å². The molecule has 0 amide bonds. The molecule has 0 atom stereocenters. The van der Waals surface area contributed by atoms with Gasteiger partial charge in [-0.05, 0) is 30.9 Å². The minimum atomic E-state index is -3.07. The number of aryl methyl sites for hydroxylation is 2. The van der Waals surface area contributed by atoms with Crippen molar-refractivity contribution in [2.24, 2.45) is 0 Å². The maximum Gasteiger partial charge on any atom is 0.195 e. The SMILES string of the molecule is Cc1cnc2c(c1)CCCS2(=O)=O. The molecule has 0 aromatic carbocycles. The third-order valence-electron chi connectivity index (χ3n) is 2.22. The summed E-state index contributed by atoms with van der Waals surface area (Å²) in [5.41, 5.74) is 1.90. The third kappa shape index (κ3) is 1.46. The van der Waals surface area contributed by atoms with E-state index in [-0.39, 0.29) is 5.75 Å². The van der Waals surface area contributed by atoms with Gasteiger partial charge in [-0.25, -0.2) is 13.4 Å². The predicted molar refractivity (Wildman–Crippen MR) is 49.3 cm³/mol. The summed E-state index contributed by atoms with van der Waals surface area (Å²) in [6.07, 6.45) is 3.17. The van der Waals surface area contributed by atoms with Crippen LogP contribution in [0, 0.1) is 6.92 Å². The van der Waals surface area contributed by atoms with Crippen molar-refractivity contribution in [2.45, 2.75) is 24.8 Å². The van der Waals surface area contributed by atoms with Crippen molar-refractivity contribution in [3.8, 4) is 0 Å². The minimum absolute atomic E-state index is 0.246. The zero-order valence-corrected chi connectivity index (χ0v) is 8.26. The third-order valence-corrected chi connectivity index (χ3v) is 4.00. The fraction of sp³-hybridized carbons (Fsp3) is 0.444. The van der Waals surface area contributed by atoms with Gasteiger partial charge in [0.05, 0.1) is 5.75 Å². The molecule has 1 aromatic heterocycles. The van der Waals surface area contributed by atoms with E-state index in [1.54, 1.807) is 6.20 Å². The molecule has 0 N–H and O–H groups in total. The molecule has 2 rings (SSSR count). The number of aromatic nitrogens is 1. The zero-order chi connectivity index (χ0) is 9.47. The molecule has 1 aromatic rings. The lowest BCUT2D eigenvalue weighted by Gasteiger charge is -2.14. The van der Waals surface area contributed by atoms with Crippen LogP contribution in [-0.2, 0) is 16.3 Å². The summed E-state index contributed by atoms with van der Waals surface area (Å²) in [5, 5.41) is 0.296. The van der Waals surface area contributed by atoms with Gasteiger partial charge in [0, 0.05) is 6.20 Å². The lowest BCUT2D eigenvalue weighted by atomic mass is 10.1. The highest BCUT2D eigenvalue weighted by Gasteiger charge is 2.24. The summed E-state index contributed by atoms with van der Waals surface area (Å²) in [6, 6.07) is 1.92. The first-order chi connectivity index (χ1) is 6.09. The van der Waals surface area contributed by atoms with E-state index < -0.39 is 9.84 Å². The molecule has 2 heterocycles. The summed E-state index contributed by atoms with van der Waals surface area (Å²) < 4.78 is 23.0. The Morgan fingerprint density at radius 1 is 1.46 bits per heavy atom. The quantitative estimate of drug-likeness (QED) is 0.626. The smallest absolute Gasteiger partial charge is 0.195 e. The number of nitrogens with zero attached hydrogens (tertiary/aromatic N) is 1. The number of sulfone groups is 1. The standard InChI is InChI=1S/C9H11NO2S/c1-7-5-8-3-2-4-13(11,12)9(8)10-6-7/h5-6H,2-4H2,1H3. The molecule has 4 heteroatoms. The second kappa shape index (κ2) is 2.80. The Labute approximate surface area is 77.7 Å². The Morgan fingerprint density at radius 3 is 3.00 bits per heavy atom. The molecule has 1 aliphatic heterocycles. The first-order valence-electron chi connectivity index (χ1n) is 4.28. The second-order valence-corrected chi connectivity index (χ2v) is 5.42. The molecular formula is C9H11NO2S. The van der Waals surface area contributed by atoms with Gasteiger partial charge in [0.2, 0.25) is 0 Å². The van der Waals surface area contributed by atoms with E-state index in [1.807, 2.05) is 13.0 Å². The van der Waals surface area contributed by atoms with Crippen molar-refractivity contribution in [3.63, 3.8) is 0 Å². The van der Waals surface area contributed by atoms with E-state index in [9.17, 15) is 8.42 Å². The highest BCUT2D eigenvalue weighted by molar-refractivity contribution is 7.91. The van der Waals surface area contributed by atoms with Gasteiger partial charge in [-0.3, -0.25) is 0 Å². The Morgan fingerprint density at radius 2 is 2.23 bits per heavy atom. The molecule has 0 unspecified atom stereocenters. The second-order valence-electron chi connectivity index (χ2n) is 3.40. The van der Waals surface area contributed by atoms with Gasteiger partial charge >= 0.3 is 0 Å². The van der Waals surface area contributed by atoms with Gasteiger partial charge in [0.25, 0.3) is 0 Å². The van der Waals surface area contributed by atoms with Gasteiger partial charge in [-0.1, -0.05) is 6.07 Å². The van der Waals surface area contributed by atoms with Crippen LogP contribution in [0.25, 0.3) is 0 Å². The Hall–Kier alpha value is -0.900. The van der Waals surface area contributed by atoms with E-state index in [2.05, 4.69) is 4.98 Å². The first kappa shape index (κ1) is 8.69. The molecule has 70 valence electrons. The Bertz CT molecular complexity index is 437. The number of pyridine rings is 1. The molecule has 13 heavy (non-hydrogen) atoms. The average Bonchev–Trinajstić information content (AvgIpc) is 2.02. The van der Waals surface area contributed by atoms with Gasteiger partial charge < -0.3 is 0 Å². The molecule has 0 spiro atoms. The highest BCUT2D eigenvalue weighted by atomic mass is 32.2. The number of fused-ring (bicyclic) bond motifs is 1. The summed E-state index contributed by atoms with van der Waals surface area (Å²) in [4.78, 5) is 3.98. The van der Waals surface area contributed by atoms with Crippen LogP contribution in [-0.4, -0.2) is 19.2 Å². The van der Waals surface area contributed by atoms with Crippen LogP contribution in [0.5, 0.6) is 0 Å². The number of hydrogen-bond donors (Lipinski definition) is 0. The topological polar surface area (TPSA) is 47.0 Å². The van der Waals surface area contributed by atoms with E-state index in [1.165, 1.54) is 0 Å². The van der Waals surface area contributed by atoms with E-state index >= 15 is 0 Å². The predicted octanol–water partition coefficient (Wildman–Crippen LogP) is 1.11. The zero-order valence-electron chi connectivity index (χ0n) is 7.45. The normalized spacial score (nSPS) is 19.5. The van der Waals surface area contributed by atoms with Crippen LogP contribution in [0.2, 0.25) is 0 Å². The maximum absolute atomic E-state index is 11.5. The van der Waals surface area contributed by atoms with Crippen LogP contribution < -0.4 is 0 Å². The molecule has 0 saturated heterocycles. The van der Waals surface area contributed by atoms with Gasteiger partial charge in [-0.15, -0.1) is 0 Å². The lowest BCUT2D eigenvalue weighted by molar-refractivity contribution is 0.581. The van der Waals surface area contributed by atoms with Crippen molar-refractivity contribution >= 4 is 9.84 Å². The van der Waals surface area contributed by atoms with Crippen LogP contribution in [0.15, 0.2) is 17.3 Å². The van der Waals surface area contributed by atoms with Crippen LogP contribution in [0.1, 0.15) is 17.5 Å². The van der Waals surface area contributed by atoms with Crippen molar-refractivity contribution in [1.29, 1.82) is 0 Å². The van der Waals surface area contributed by atoms with Crippen molar-refractivity contribution in [3.05, 3.63) is 23.4 Å². The summed E-state index contributed by atoms with van der Waals surface area (Å²) in [6.45, 7) is 1.93. The lowest BCUT2D eigenvalue weighted by Crippen LogP contribution is -2.17. The minimum Gasteiger partial charge on any atom is -0.244 e. The van der Waals surface area contributed by atoms with Gasteiger partial charge in [-0.2, -0.15) is 0 Å². The van der Waals surface area contributed by atoms with Crippen molar-refractivity contribution in [2.75, 3.05) is 5.75 Å².